The van der Waals surface area contributed by atoms with Gasteiger partial charge in [-0.15, -0.1) is 0 Å². The first-order valence-corrected chi connectivity index (χ1v) is 6.12. The summed E-state index contributed by atoms with van der Waals surface area (Å²) in [5.41, 5.74) is 0.234. The lowest BCUT2D eigenvalue weighted by Gasteiger charge is -2.39. The summed E-state index contributed by atoms with van der Waals surface area (Å²) in [6.07, 6.45) is 2.25. The quantitative estimate of drug-likeness (QED) is 0.800. The molecule has 16 heavy (non-hydrogen) atoms. The van der Waals surface area contributed by atoms with Gasteiger partial charge < -0.3 is 10.4 Å². The predicted molar refractivity (Wildman–Crippen MR) is 66.2 cm³/mol. The monoisotopic (exact) mass is 219 g/mol. The van der Waals surface area contributed by atoms with E-state index in [9.17, 15) is 5.11 Å². The first-order chi connectivity index (χ1) is 7.60. The number of hydrogen-bond acceptors (Lipinski definition) is 2. The maximum Gasteiger partial charge on any atom is 0.102 e. The smallest absolute Gasteiger partial charge is 0.102 e. The second kappa shape index (κ2) is 4.56. The largest absolute Gasteiger partial charge is 0.384 e. The maximum atomic E-state index is 10.7. The molecule has 2 heteroatoms. The molecule has 0 saturated carbocycles. The third kappa shape index (κ3) is 2.28. The summed E-state index contributed by atoms with van der Waals surface area (Å²) < 4.78 is 0. The minimum Gasteiger partial charge on any atom is -0.384 e. The third-order valence-electron chi connectivity index (χ3n) is 3.70. The van der Waals surface area contributed by atoms with Gasteiger partial charge in [0.15, 0.2) is 0 Å². The summed E-state index contributed by atoms with van der Waals surface area (Å²) in [4.78, 5) is 0. The van der Waals surface area contributed by atoms with Gasteiger partial charge >= 0.3 is 0 Å². The van der Waals surface area contributed by atoms with Gasteiger partial charge in [0.05, 0.1) is 0 Å². The highest BCUT2D eigenvalue weighted by atomic mass is 16.3. The fourth-order valence-electron chi connectivity index (χ4n) is 2.51. The van der Waals surface area contributed by atoms with Gasteiger partial charge in [0.25, 0.3) is 0 Å². The molecule has 0 amide bonds. The average molecular weight is 219 g/mol. The van der Waals surface area contributed by atoms with E-state index in [2.05, 4.69) is 12.2 Å². The molecule has 2 rings (SSSR count). The number of benzene rings is 1. The minimum absolute atomic E-state index is 0.165. The lowest BCUT2D eigenvalue weighted by molar-refractivity contribution is -0.00140. The molecule has 1 saturated heterocycles. The molecule has 2 nitrogen and oxygen atoms in total. The van der Waals surface area contributed by atoms with E-state index in [1.165, 1.54) is 6.42 Å². The SMILES string of the molecule is CC1CCNC(C(C)(O)c2ccccc2)C1. The molecular formula is C14H21NO. The second-order valence-electron chi connectivity index (χ2n) is 5.15. The van der Waals surface area contributed by atoms with Crippen LogP contribution >= 0.6 is 0 Å². The van der Waals surface area contributed by atoms with Crippen LogP contribution in [-0.2, 0) is 5.60 Å². The maximum absolute atomic E-state index is 10.7. The highest BCUT2D eigenvalue weighted by molar-refractivity contribution is 5.23. The van der Waals surface area contributed by atoms with Gasteiger partial charge in [-0.1, -0.05) is 37.3 Å². The van der Waals surface area contributed by atoms with Crippen LogP contribution in [0.4, 0.5) is 0 Å². The molecular weight excluding hydrogens is 198 g/mol. The number of nitrogens with one attached hydrogen (secondary N) is 1. The number of hydrogen-bond donors (Lipinski definition) is 2. The highest BCUT2D eigenvalue weighted by Crippen LogP contribution is 2.30. The molecule has 1 aliphatic rings. The van der Waals surface area contributed by atoms with E-state index < -0.39 is 5.60 Å². The molecule has 1 aromatic carbocycles. The van der Waals surface area contributed by atoms with Crippen LogP contribution in [0.25, 0.3) is 0 Å². The normalized spacial score (nSPS) is 29.7. The fraction of sp³-hybridized carbons (Fsp3) is 0.571. The first kappa shape index (κ1) is 11.6. The summed E-state index contributed by atoms with van der Waals surface area (Å²) in [6, 6.07) is 10.1. The molecule has 1 fully saturated rings. The molecule has 0 bridgehead atoms. The van der Waals surface area contributed by atoms with E-state index in [1.54, 1.807) is 0 Å². The molecule has 0 spiro atoms. The molecule has 0 aliphatic carbocycles. The minimum atomic E-state index is -0.768. The van der Waals surface area contributed by atoms with Crippen LogP contribution in [0.1, 0.15) is 32.3 Å². The Morgan fingerprint density at radius 3 is 2.62 bits per heavy atom. The van der Waals surface area contributed by atoms with Gasteiger partial charge in [-0.05, 0) is 37.8 Å². The Labute approximate surface area is 97.7 Å². The van der Waals surface area contributed by atoms with E-state index in [1.807, 2.05) is 37.3 Å². The Kier molecular flexibility index (Phi) is 3.31. The standard InChI is InChI=1S/C14H21NO/c1-11-8-9-15-13(10-11)14(2,16)12-6-4-3-5-7-12/h3-7,11,13,15-16H,8-10H2,1-2H3. The summed E-state index contributed by atoms with van der Waals surface area (Å²) in [5, 5.41) is 14.1. The molecule has 3 unspecified atom stereocenters. The van der Waals surface area contributed by atoms with Gasteiger partial charge in [0.1, 0.15) is 5.60 Å². The summed E-state index contributed by atoms with van der Waals surface area (Å²) in [5.74, 6) is 0.696. The van der Waals surface area contributed by atoms with E-state index in [-0.39, 0.29) is 6.04 Å². The number of piperidine rings is 1. The first-order valence-electron chi connectivity index (χ1n) is 6.12. The van der Waals surface area contributed by atoms with Crippen LogP contribution in [0, 0.1) is 5.92 Å². The Hall–Kier alpha value is -0.860. The van der Waals surface area contributed by atoms with Crippen LogP contribution in [0.3, 0.4) is 0 Å². The van der Waals surface area contributed by atoms with Crippen molar-refractivity contribution >= 4 is 0 Å². The predicted octanol–water partition coefficient (Wildman–Crippen LogP) is 2.28. The molecule has 0 radical (unpaired) electrons. The zero-order valence-electron chi connectivity index (χ0n) is 10.1. The van der Waals surface area contributed by atoms with Gasteiger partial charge in [0.2, 0.25) is 0 Å². The van der Waals surface area contributed by atoms with Crippen LogP contribution in [0.5, 0.6) is 0 Å². The van der Waals surface area contributed by atoms with Crippen molar-refractivity contribution in [2.75, 3.05) is 6.54 Å². The van der Waals surface area contributed by atoms with E-state index in [4.69, 9.17) is 0 Å². The number of aliphatic hydroxyl groups is 1. The molecule has 2 N–H and O–H groups in total. The van der Waals surface area contributed by atoms with Crippen molar-refractivity contribution in [2.45, 2.75) is 38.3 Å². The van der Waals surface area contributed by atoms with Crippen molar-refractivity contribution in [2.24, 2.45) is 5.92 Å². The average Bonchev–Trinajstić information content (AvgIpc) is 2.30. The Morgan fingerprint density at radius 1 is 1.31 bits per heavy atom. The molecule has 1 aliphatic heterocycles. The molecule has 88 valence electrons. The van der Waals surface area contributed by atoms with Gasteiger partial charge in [-0.2, -0.15) is 0 Å². The Balaban J connectivity index is 2.18. The fourth-order valence-corrected chi connectivity index (χ4v) is 2.51. The lowest BCUT2D eigenvalue weighted by Crippen LogP contribution is -2.50. The van der Waals surface area contributed by atoms with Crippen molar-refractivity contribution < 1.29 is 5.11 Å². The number of rotatable bonds is 2. The van der Waals surface area contributed by atoms with E-state index >= 15 is 0 Å². The summed E-state index contributed by atoms with van der Waals surface area (Å²) in [6.45, 7) is 5.18. The zero-order chi connectivity index (χ0) is 11.6. The molecule has 3 atom stereocenters. The van der Waals surface area contributed by atoms with Crippen molar-refractivity contribution in [3.8, 4) is 0 Å². The summed E-state index contributed by atoms with van der Waals surface area (Å²) >= 11 is 0. The third-order valence-corrected chi connectivity index (χ3v) is 3.70. The Morgan fingerprint density at radius 2 is 2.00 bits per heavy atom. The van der Waals surface area contributed by atoms with Crippen LogP contribution in [0.2, 0.25) is 0 Å². The highest BCUT2D eigenvalue weighted by Gasteiger charge is 2.35. The van der Waals surface area contributed by atoms with Crippen molar-refractivity contribution in [1.29, 1.82) is 0 Å². The van der Waals surface area contributed by atoms with Gasteiger partial charge in [-0.25, -0.2) is 0 Å². The second-order valence-corrected chi connectivity index (χ2v) is 5.15. The van der Waals surface area contributed by atoms with Crippen molar-refractivity contribution in [3.05, 3.63) is 35.9 Å². The van der Waals surface area contributed by atoms with Crippen LogP contribution in [-0.4, -0.2) is 17.7 Å². The van der Waals surface area contributed by atoms with Crippen molar-refractivity contribution in [3.63, 3.8) is 0 Å². The zero-order valence-corrected chi connectivity index (χ0v) is 10.1. The van der Waals surface area contributed by atoms with Gasteiger partial charge in [-0.3, -0.25) is 0 Å². The summed E-state index contributed by atoms with van der Waals surface area (Å²) in [7, 11) is 0. The molecule has 1 aromatic rings. The topological polar surface area (TPSA) is 32.3 Å². The van der Waals surface area contributed by atoms with E-state index in [0.29, 0.717) is 5.92 Å². The lowest BCUT2D eigenvalue weighted by atomic mass is 9.80. The van der Waals surface area contributed by atoms with Crippen LogP contribution < -0.4 is 5.32 Å². The van der Waals surface area contributed by atoms with Crippen LogP contribution in [0.15, 0.2) is 30.3 Å². The molecule has 1 heterocycles. The Bertz CT molecular complexity index is 334. The van der Waals surface area contributed by atoms with Gasteiger partial charge in [0, 0.05) is 6.04 Å². The van der Waals surface area contributed by atoms with Crippen molar-refractivity contribution in [1.82, 2.24) is 5.32 Å². The molecule has 0 aromatic heterocycles. The van der Waals surface area contributed by atoms with E-state index in [0.717, 1.165) is 18.5 Å².